The molecule has 2 radical (unpaired) electrons. The van der Waals surface area contributed by atoms with Crippen molar-refractivity contribution in [3.63, 3.8) is 0 Å². The third-order valence-electron chi connectivity index (χ3n) is 7.32. The van der Waals surface area contributed by atoms with E-state index in [1.54, 1.807) is 0 Å². The Bertz CT molecular complexity index is 1730. The SMILES string of the molecule is CC(C)c1cc2c(-c3ccccc3)cccc2[cH-]1.C[Si]C.Cc1ccc(C)c(-c2cc(C)cc3[cH-]c(C)cc23)c1.[Cl][Zr+2][Cl]. The average molecular weight is 701 g/mol. The van der Waals surface area contributed by atoms with Gasteiger partial charge in [-0.25, -0.2) is 0 Å². The molecule has 0 saturated carbocycles. The van der Waals surface area contributed by atoms with Gasteiger partial charge >= 0.3 is 37.9 Å². The Kier molecular flexibility index (Phi) is 14.2. The van der Waals surface area contributed by atoms with E-state index in [0.29, 0.717) is 5.92 Å². The first-order chi connectivity index (χ1) is 20.6. The first kappa shape index (κ1) is 35.3. The van der Waals surface area contributed by atoms with E-state index in [2.05, 4.69) is 158 Å². The Balaban J connectivity index is 0.000000200. The number of fused-ring (bicyclic) bond motifs is 2. The summed E-state index contributed by atoms with van der Waals surface area (Å²) in [7, 11) is 11.0. The minimum absolute atomic E-state index is 0.584. The Labute approximate surface area is 280 Å². The summed E-state index contributed by atoms with van der Waals surface area (Å²) < 4.78 is 0. The molecule has 6 rings (SSSR count). The predicted molar refractivity (Wildman–Crippen MR) is 192 cm³/mol. The number of hydrogen-bond donors (Lipinski definition) is 0. The predicted octanol–water partition coefficient (Wildman–Crippen LogP) is 13.0. The first-order valence-corrected chi connectivity index (χ1v) is 23.0. The first-order valence-electron chi connectivity index (χ1n) is 14.7. The van der Waals surface area contributed by atoms with Crippen molar-refractivity contribution in [2.75, 3.05) is 0 Å². The van der Waals surface area contributed by atoms with Crippen LogP contribution in [0, 0.1) is 27.7 Å². The molecule has 0 N–H and O–H groups in total. The van der Waals surface area contributed by atoms with Gasteiger partial charge in [0.2, 0.25) is 0 Å². The molecule has 6 aromatic carbocycles. The van der Waals surface area contributed by atoms with Gasteiger partial charge in [-0.15, -0.1) is 63.0 Å². The second-order valence-corrected chi connectivity index (χ2v) is 16.1. The summed E-state index contributed by atoms with van der Waals surface area (Å²) in [5.41, 5.74) is 12.1. The van der Waals surface area contributed by atoms with Crippen molar-refractivity contribution in [1.82, 2.24) is 0 Å². The number of aryl methyl sites for hydroxylation is 4. The van der Waals surface area contributed by atoms with Crippen molar-refractivity contribution in [2.45, 2.75) is 60.6 Å². The topological polar surface area (TPSA) is 0 Å². The Morgan fingerprint density at radius 2 is 1.26 bits per heavy atom. The molecule has 0 unspecified atom stereocenters. The van der Waals surface area contributed by atoms with E-state index < -0.39 is 20.8 Å². The molecule has 4 heteroatoms. The molecule has 0 aliphatic carbocycles. The van der Waals surface area contributed by atoms with Crippen LogP contribution in [0.4, 0.5) is 0 Å². The molecular weight excluding hydrogens is 659 g/mol. The molecule has 0 fully saturated rings. The van der Waals surface area contributed by atoms with E-state index in [1.165, 1.54) is 71.6 Å². The maximum absolute atomic E-state index is 4.93. The van der Waals surface area contributed by atoms with Crippen molar-refractivity contribution in [1.29, 1.82) is 0 Å². The van der Waals surface area contributed by atoms with Gasteiger partial charge < -0.3 is 0 Å². The normalized spacial score (nSPS) is 10.3. The summed E-state index contributed by atoms with van der Waals surface area (Å²) in [6.45, 7) is 17.5. The Morgan fingerprint density at radius 3 is 1.91 bits per heavy atom. The van der Waals surface area contributed by atoms with Crippen molar-refractivity contribution < 1.29 is 20.8 Å². The number of rotatable bonds is 3. The maximum atomic E-state index is 4.93. The van der Waals surface area contributed by atoms with Crippen molar-refractivity contribution in [3.8, 4) is 22.3 Å². The van der Waals surface area contributed by atoms with Crippen LogP contribution in [0.15, 0.2) is 103 Å². The Hall–Kier alpha value is -2.22. The van der Waals surface area contributed by atoms with Gasteiger partial charge in [0.15, 0.2) is 0 Å². The van der Waals surface area contributed by atoms with E-state index >= 15 is 0 Å². The van der Waals surface area contributed by atoms with Crippen LogP contribution in [0.3, 0.4) is 0 Å². The molecule has 220 valence electrons. The van der Waals surface area contributed by atoms with Crippen LogP contribution < -0.4 is 0 Å². The third-order valence-corrected chi connectivity index (χ3v) is 7.32. The van der Waals surface area contributed by atoms with E-state index in [4.69, 9.17) is 17.0 Å². The van der Waals surface area contributed by atoms with Crippen LogP contribution in [0.1, 0.15) is 47.6 Å². The molecule has 0 amide bonds. The van der Waals surface area contributed by atoms with Gasteiger partial charge in [-0.1, -0.05) is 117 Å². The second-order valence-electron chi connectivity index (χ2n) is 11.4. The molecule has 43 heavy (non-hydrogen) atoms. The fraction of sp³-hybridized carbons (Fsp3) is 0.231. The van der Waals surface area contributed by atoms with Gasteiger partial charge in [0.1, 0.15) is 0 Å². The van der Waals surface area contributed by atoms with Crippen LogP contribution in [0.25, 0.3) is 43.8 Å². The standard InChI is InChI=1S/C19H19.C18H17.C2H6Si.2ClH.Zr/c1-12-5-6-15(4)17(9-12)19-11-14(3)8-16-7-13(2)10-18(16)19;1-13(2)16-11-15-9-6-10-17(18(15)12-16)14-7-4-3-5-8-14;1-3-2;;;/h5-11H,1-4H3;3-13H,1-2H3;1-2H3;2*1H;/q2*-1;;;;+4/p-2. The van der Waals surface area contributed by atoms with Crippen molar-refractivity contribution in [3.05, 3.63) is 131 Å². The van der Waals surface area contributed by atoms with Crippen LogP contribution in [0.5, 0.6) is 0 Å². The minimum atomic E-state index is -0.826. The zero-order chi connectivity index (χ0) is 31.5. The average Bonchev–Trinajstić information content (AvgIpc) is 3.59. The summed E-state index contributed by atoms with van der Waals surface area (Å²) in [5, 5.41) is 5.44. The second kappa shape index (κ2) is 17.3. The summed E-state index contributed by atoms with van der Waals surface area (Å²) in [6, 6.07) is 37.7. The molecule has 0 atom stereocenters. The third kappa shape index (κ3) is 9.63. The molecule has 0 aliphatic rings. The fourth-order valence-corrected chi connectivity index (χ4v) is 5.33. The van der Waals surface area contributed by atoms with Crippen molar-refractivity contribution in [2.24, 2.45) is 0 Å². The number of hydrogen-bond acceptors (Lipinski definition) is 0. The Morgan fingerprint density at radius 1 is 0.628 bits per heavy atom. The molecule has 0 nitrogen and oxygen atoms in total. The fourth-order valence-electron chi connectivity index (χ4n) is 5.33. The van der Waals surface area contributed by atoms with Gasteiger partial charge in [0, 0.05) is 9.52 Å². The van der Waals surface area contributed by atoms with Gasteiger partial charge in [-0.3, -0.25) is 0 Å². The van der Waals surface area contributed by atoms with E-state index in [9.17, 15) is 0 Å². The molecule has 0 bridgehead atoms. The number of halogens is 2. The van der Waals surface area contributed by atoms with E-state index in [0.717, 1.165) is 9.52 Å². The van der Waals surface area contributed by atoms with Crippen LogP contribution in [-0.4, -0.2) is 9.52 Å². The molecule has 0 aliphatic heterocycles. The number of benzene rings is 4. The van der Waals surface area contributed by atoms with Gasteiger partial charge in [0.05, 0.1) is 0 Å². The molecule has 0 aromatic heterocycles. The zero-order valence-corrected chi connectivity index (χ0v) is 31.6. The monoisotopic (exact) mass is 698 g/mol. The van der Waals surface area contributed by atoms with Gasteiger partial charge in [0.25, 0.3) is 0 Å². The summed E-state index contributed by atoms with van der Waals surface area (Å²) in [6.07, 6.45) is 0. The summed E-state index contributed by atoms with van der Waals surface area (Å²) in [5.74, 6) is 0.584. The van der Waals surface area contributed by atoms with E-state index in [-0.39, 0.29) is 0 Å². The van der Waals surface area contributed by atoms with Crippen molar-refractivity contribution >= 4 is 48.1 Å². The van der Waals surface area contributed by atoms with Crippen LogP contribution in [0.2, 0.25) is 13.1 Å². The molecule has 6 aromatic rings. The summed E-state index contributed by atoms with van der Waals surface area (Å²) >= 11 is -0.826. The molecule has 0 heterocycles. The summed E-state index contributed by atoms with van der Waals surface area (Å²) in [4.78, 5) is 0. The quantitative estimate of drug-likeness (QED) is 0.127. The van der Waals surface area contributed by atoms with Crippen LogP contribution in [-0.2, 0) is 20.8 Å². The molecular formula is C39H42Cl2SiZr. The van der Waals surface area contributed by atoms with Gasteiger partial charge in [-0.2, -0.15) is 12.1 Å². The molecule has 0 saturated heterocycles. The molecule has 0 spiro atoms. The van der Waals surface area contributed by atoms with Gasteiger partial charge in [-0.05, 0) is 43.4 Å². The van der Waals surface area contributed by atoms with E-state index in [1.807, 2.05) is 0 Å². The zero-order valence-electron chi connectivity index (χ0n) is 26.6. The van der Waals surface area contributed by atoms with Crippen LogP contribution >= 0.6 is 17.0 Å².